The number of nitrogens with one attached hydrogen (secondary N) is 1. The molecule has 2 unspecified atom stereocenters. The van der Waals surface area contributed by atoms with E-state index >= 15 is 0 Å². The van der Waals surface area contributed by atoms with Crippen LogP contribution in [-0.4, -0.2) is 61.6 Å². The third-order valence-corrected chi connectivity index (χ3v) is 5.19. The van der Waals surface area contributed by atoms with E-state index in [1.54, 1.807) is 7.05 Å². The summed E-state index contributed by atoms with van der Waals surface area (Å²) in [4.78, 5) is 16.0. The Balaban J connectivity index is 1.57. The largest absolute Gasteiger partial charge is 0.486 e. The maximum Gasteiger partial charge on any atom is 0.221 e. The second-order valence-electron chi connectivity index (χ2n) is 7.22. The molecule has 0 aliphatic carbocycles. The Bertz CT molecular complexity index is 573. The van der Waals surface area contributed by atoms with E-state index < -0.39 is 0 Å². The lowest BCUT2D eigenvalue weighted by Crippen LogP contribution is -2.43. The molecule has 1 amide bonds. The van der Waals surface area contributed by atoms with Gasteiger partial charge in [0.15, 0.2) is 0 Å². The molecule has 2 atom stereocenters. The summed E-state index contributed by atoms with van der Waals surface area (Å²) < 4.78 is 6.45. The zero-order chi connectivity index (χ0) is 17.0. The number of amides is 1. The SMILES string of the molecule is CNC(=O)CCN(C)Cc1cccc(OC23CCCN(CC2)C3)c1. The highest BCUT2D eigenvalue weighted by atomic mass is 16.5. The Labute approximate surface area is 145 Å². The van der Waals surface area contributed by atoms with Crippen molar-refractivity contribution in [3.63, 3.8) is 0 Å². The molecule has 0 saturated carbocycles. The van der Waals surface area contributed by atoms with Gasteiger partial charge in [0.1, 0.15) is 11.4 Å². The molecule has 5 nitrogen and oxygen atoms in total. The molecule has 2 aliphatic heterocycles. The second kappa shape index (κ2) is 7.53. The lowest BCUT2D eigenvalue weighted by Gasteiger charge is -2.34. The number of nitrogens with zero attached hydrogens (tertiary/aromatic N) is 2. The lowest BCUT2D eigenvalue weighted by molar-refractivity contribution is -0.120. The number of benzene rings is 1. The molecule has 2 heterocycles. The first kappa shape index (κ1) is 17.2. The highest BCUT2D eigenvalue weighted by Crippen LogP contribution is 2.35. The molecule has 3 rings (SSSR count). The first-order chi connectivity index (χ1) is 11.6. The van der Waals surface area contributed by atoms with Crippen LogP contribution in [0.25, 0.3) is 0 Å². The molecule has 2 saturated heterocycles. The topological polar surface area (TPSA) is 44.8 Å². The van der Waals surface area contributed by atoms with Crippen molar-refractivity contribution >= 4 is 5.91 Å². The molecule has 2 fully saturated rings. The Morgan fingerprint density at radius 1 is 1.38 bits per heavy atom. The van der Waals surface area contributed by atoms with Gasteiger partial charge in [-0.25, -0.2) is 0 Å². The van der Waals surface area contributed by atoms with Gasteiger partial charge in [0.2, 0.25) is 5.91 Å². The van der Waals surface area contributed by atoms with Gasteiger partial charge in [0.05, 0.1) is 0 Å². The summed E-state index contributed by atoms with van der Waals surface area (Å²) in [6, 6.07) is 8.43. The van der Waals surface area contributed by atoms with Crippen molar-refractivity contribution in [1.82, 2.24) is 15.1 Å². The van der Waals surface area contributed by atoms with Crippen LogP contribution in [0.15, 0.2) is 24.3 Å². The zero-order valence-corrected chi connectivity index (χ0v) is 14.9. The Morgan fingerprint density at radius 2 is 2.25 bits per heavy atom. The fourth-order valence-corrected chi connectivity index (χ4v) is 3.85. The van der Waals surface area contributed by atoms with Crippen LogP contribution in [0.2, 0.25) is 0 Å². The molecular formula is C19H29N3O2. The number of carbonyl (C=O) groups is 1. The van der Waals surface area contributed by atoms with Crippen molar-refractivity contribution < 1.29 is 9.53 Å². The van der Waals surface area contributed by atoms with Crippen LogP contribution in [0.3, 0.4) is 0 Å². The van der Waals surface area contributed by atoms with E-state index in [9.17, 15) is 4.79 Å². The lowest BCUT2D eigenvalue weighted by atomic mass is 9.94. The summed E-state index contributed by atoms with van der Waals surface area (Å²) >= 11 is 0. The molecule has 5 heteroatoms. The Hall–Kier alpha value is -1.59. The molecule has 24 heavy (non-hydrogen) atoms. The molecule has 0 spiro atoms. The quantitative estimate of drug-likeness (QED) is 0.828. The summed E-state index contributed by atoms with van der Waals surface area (Å²) in [6.07, 6.45) is 4.08. The van der Waals surface area contributed by atoms with Crippen molar-refractivity contribution in [2.75, 3.05) is 40.3 Å². The first-order valence-electron chi connectivity index (χ1n) is 8.98. The van der Waals surface area contributed by atoms with Gasteiger partial charge in [-0.1, -0.05) is 12.1 Å². The molecule has 0 aromatic heterocycles. The van der Waals surface area contributed by atoms with E-state index in [2.05, 4.69) is 39.4 Å². The van der Waals surface area contributed by atoms with Crippen molar-refractivity contribution in [1.29, 1.82) is 0 Å². The van der Waals surface area contributed by atoms with Gasteiger partial charge in [0.25, 0.3) is 0 Å². The molecular weight excluding hydrogens is 302 g/mol. The van der Waals surface area contributed by atoms with Crippen LogP contribution >= 0.6 is 0 Å². The number of piperidine rings is 1. The van der Waals surface area contributed by atoms with E-state index in [1.807, 2.05) is 7.05 Å². The summed E-state index contributed by atoms with van der Waals surface area (Å²) in [7, 11) is 3.73. The maximum absolute atomic E-state index is 11.4. The normalized spacial score (nSPS) is 25.7. The number of hydrogen-bond acceptors (Lipinski definition) is 4. The van der Waals surface area contributed by atoms with Crippen LogP contribution in [0.1, 0.15) is 31.2 Å². The van der Waals surface area contributed by atoms with Crippen molar-refractivity contribution in [2.24, 2.45) is 0 Å². The highest BCUT2D eigenvalue weighted by molar-refractivity contribution is 5.75. The van der Waals surface area contributed by atoms with Crippen LogP contribution < -0.4 is 10.1 Å². The van der Waals surface area contributed by atoms with Crippen LogP contribution in [-0.2, 0) is 11.3 Å². The fraction of sp³-hybridized carbons (Fsp3) is 0.632. The van der Waals surface area contributed by atoms with Gasteiger partial charge >= 0.3 is 0 Å². The highest BCUT2D eigenvalue weighted by Gasteiger charge is 2.42. The summed E-state index contributed by atoms with van der Waals surface area (Å²) in [6.45, 7) is 5.05. The van der Waals surface area contributed by atoms with Crippen molar-refractivity contribution in [3.05, 3.63) is 29.8 Å². The molecule has 1 aromatic rings. The predicted octanol–water partition coefficient (Wildman–Crippen LogP) is 1.87. The minimum absolute atomic E-state index is 0.0298. The van der Waals surface area contributed by atoms with Crippen LogP contribution in [0.5, 0.6) is 5.75 Å². The van der Waals surface area contributed by atoms with Crippen molar-refractivity contribution in [2.45, 2.75) is 37.8 Å². The summed E-state index contributed by atoms with van der Waals surface area (Å²) in [5.74, 6) is 1.07. The average molecular weight is 331 g/mol. The minimum Gasteiger partial charge on any atom is -0.486 e. The average Bonchev–Trinajstić information content (AvgIpc) is 2.86. The number of fused-ring (bicyclic) bond motifs is 2. The minimum atomic E-state index is 0.0298. The summed E-state index contributed by atoms with van der Waals surface area (Å²) in [5, 5.41) is 2.66. The summed E-state index contributed by atoms with van der Waals surface area (Å²) in [5.41, 5.74) is 1.26. The van der Waals surface area contributed by atoms with E-state index in [-0.39, 0.29) is 11.5 Å². The molecule has 1 aromatic carbocycles. The predicted molar refractivity (Wildman–Crippen MR) is 95.1 cm³/mol. The molecule has 2 aliphatic rings. The molecule has 0 radical (unpaired) electrons. The van der Waals surface area contributed by atoms with Crippen molar-refractivity contribution in [3.8, 4) is 5.75 Å². The van der Waals surface area contributed by atoms with Gasteiger partial charge in [-0.2, -0.15) is 0 Å². The van der Waals surface area contributed by atoms with Crippen LogP contribution in [0, 0.1) is 0 Å². The van der Waals surface area contributed by atoms with E-state index in [0.29, 0.717) is 6.42 Å². The van der Waals surface area contributed by atoms with E-state index in [1.165, 1.54) is 31.5 Å². The fourth-order valence-electron chi connectivity index (χ4n) is 3.85. The second-order valence-corrected chi connectivity index (χ2v) is 7.22. The zero-order valence-electron chi connectivity index (χ0n) is 14.9. The molecule has 132 valence electrons. The Kier molecular flexibility index (Phi) is 5.41. The number of ether oxygens (including phenoxy) is 1. The van der Waals surface area contributed by atoms with Gasteiger partial charge < -0.3 is 15.0 Å². The van der Waals surface area contributed by atoms with E-state index in [4.69, 9.17) is 4.74 Å². The first-order valence-corrected chi connectivity index (χ1v) is 8.98. The number of rotatable bonds is 7. The third-order valence-electron chi connectivity index (χ3n) is 5.19. The third kappa shape index (κ3) is 4.28. The van der Waals surface area contributed by atoms with Gasteiger partial charge in [0, 0.05) is 46.1 Å². The molecule has 2 bridgehead atoms. The number of carbonyl (C=O) groups excluding carboxylic acids is 1. The Morgan fingerprint density at radius 3 is 3.08 bits per heavy atom. The standard InChI is InChI=1S/C19H29N3O2/c1-20-18(23)7-11-21(2)14-16-5-3-6-17(13-16)24-19-8-4-10-22(15-19)12-9-19/h3,5-6,13H,4,7-12,14-15H2,1-2H3,(H,20,23). The monoisotopic (exact) mass is 331 g/mol. The van der Waals surface area contributed by atoms with Gasteiger partial charge in [-0.3, -0.25) is 9.69 Å². The number of hydrogen-bond donors (Lipinski definition) is 1. The maximum atomic E-state index is 11.4. The smallest absolute Gasteiger partial charge is 0.221 e. The van der Waals surface area contributed by atoms with E-state index in [0.717, 1.165) is 31.8 Å². The van der Waals surface area contributed by atoms with Gasteiger partial charge in [-0.05, 0) is 44.1 Å². The van der Waals surface area contributed by atoms with Gasteiger partial charge in [-0.15, -0.1) is 0 Å². The van der Waals surface area contributed by atoms with Crippen LogP contribution in [0.4, 0.5) is 0 Å². The molecule has 1 N–H and O–H groups in total.